The molecule has 0 aliphatic heterocycles. The molecule has 0 saturated heterocycles. The van der Waals surface area contributed by atoms with Crippen LogP contribution >= 0.6 is 0 Å². The Morgan fingerprint density at radius 1 is 1.08 bits per heavy atom. The highest BCUT2D eigenvalue weighted by Gasteiger charge is 2.38. The Kier molecular flexibility index (Phi) is 4.74. The minimum absolute atomic E-state index is 0.110. The number of H-pyrrole nitrogens is 1. The summed E-state index contributed by atoms with van der Waals surface area (Å²) in [5.41, 5.74) is 4.95. The van der Waals surface area contributed by atoms with Crippen molar-refractivity contribution in [3.05, 3.63) is 52.4 Å². The fourth-order valence-electron chi connectivity index (χ4n) is 3.33. The largest absolute Gasteiger partial charge is 0.368 e. The van der Waals surface area contributed by atoms with Gasteiger partial charge in [-0.2, -0.15) is 0 Å². The molecule has 7 nitrogen and oxygen atoms in total. The molecule has 4 N–H and O–H groups in total. The number of carbonyl (C=O) groups excluding carboxylic acids is 2. The Hall–Kier alpha value is -2.83. The number of hydrogen-bond donors (Lipinski definition) is 3. The minimum Gasteiger partial charge on any atom is -0.368 e. The molecule has 1 aliphatic rings. The van der Waals surface area contributed by atoms with E-state index in [4.69, 9.17) is 5.73 Å². The third kappa shape index (κ3) is 3.50. The van der Waals surface area contributed by atoms with E-state index in [-0.39, 0.29) is 11.3 Å². The van der Waals surface area contributed by atoms with Gasteiger partial charge in [0, 0.05) is 6.07 Å². The number of nitrogens with two attached hydrogens (primary N) is 1. The van der Waals surface area contributed by atoms with Crippen molar-refractivity contribution >= 4 is 11.8 Å². The van der Waals surface area contributed by atoms with E-state index in [0.717, 1.165) is 25.7 Å². The fraction of sp³-hybridized carbons (Fsp3) is 0.389. The zero-order valence-corrected chi connectivity index (χ0v) is 14.0. The second-order valence-corrected chi connectivity index (χ2v) is 6.49. The molecular formula is C18H22N4O3. The average molecular weight is 342 g/mol. The molecule has 1 aliphatic carbocycles. The topological polar surface area (TPSA) is 110 Å². The molecule has 25 heavy (non-hydrogen) atoms. The Bertz CT molecular complexity index is 814. The lowest BCUT2D eigenvalue weighted by Crippen LogP contribution is -2.57. The summed E-state index contributed by atoms with van der Waals surface area (Å²) >= 11 is 0. The lowest BCUT2D eigenvalue weighted by molar-refractivity contribution is -0.124. The van der Waals surface area contributed by atoms with Gasteiger partial charge in [-0.25, -0.2) is 4.68 Å². The summed E-state index contributed by atoms with van der Waals surface area (Å²) in [6.45, 7) is 0. The number of rotatable bonds is 4. The summed E-state index contributed by atoms with van der Waals surface area (Å²) in [5, 5.41) is 5.58. The van der Waals surface area contributed by atoms with Crippen molar-refractivity contribution in [3.8, 4) is 5.69 Å². The number of para-hydroxylation sites is 1. The van der Waals surface area contributed by atoms with Crippen molar-refractivity contribution in [3.63, 3.8) is 0 Å². The van der Waals surface area contributed by atoms with Crippen LogP contribution in [0.2, 0.25) is 0 Å². The Morgan fingerprint density at radius 3 is 2.32 bits per heavy atom. The molecular weight excluding hydrogens is 320 g/mol. The number of benzene rings is 1. The third-order valence-corrected chi connectivity index (χ3v) is 4.76. The van der Waals surface area contributed by atoms with Crippen molar-refractivity contribution < 1.29 is 9.59 Å². The van der Waals surface area contributed by atoms with Crippen molar-refractivity contribution in [2.75, 3.05) is 0 Å². The molecule has 1 aromatic carbocycles. The van der Waals surface area contributed by atoms with Crippen LogP contribution in [0.1, 0.15) is 49.0 Å². The van der Waals surface area contributed by atoms with Crippen LogP contribution in [0, 0.1) is 0 Å². The van der Waals surface area contributed by atoms with E-state index in [2.05, 4.69) is 10.4 Å². The van der Waals surface area contributed by atoms with Gasteiger partial charge in [0.25, 0.3) is 11.5 Å². The van der Waals surface area contributed by atoms with Crippen LogP contribution in [0.15, 0.2) is 41.2 Å². The van der Waals surface area contributed by atoms with E-state index >= 15 is 0 Å². The second-order valence-electron chi connectivity index (χ2n) is 6.49. The third-order valence-electron chi connectivity index (χ3n) is 4.76. The molecule has 2 amide bonds. The first-order chi connectivity index (χ1) is 12.0. The maximum Gasteiger partial charge on any atom is 0.271 e. The van der Waals surface area contributed by atoms with Crippen molar-refractivity contribution in [2.24, 2.45) is 5.73 Å². The van der Waals surface area contributed by atoms with Crippen LogP contribution in [0.25, 0.3) is 5.69 Å². The molecule has 132 valence electrons. The van der Waals surface area contributed by atoms with Gasteiger partial charge >= 0.3 is 0 Å². The first-order valence-electron chi connectivity index (χ1n) is 8.52. The monoisotopic (exact) mass is 342 g/mol. The molecule has 1 aromatic heterocycles. The maximum absolute atomic E-state index is 12.6. The molecule has 1 fully saturated rings. The van der Waals surface area contributed by atoms with Gasteiger partial charge in [-0.3, -0.25) is 19.5 Å². The predicted octanol–water partition coefficient (Wildman–Crippen LogP) is 1.47. The molecule has 0 radical (unpaired) electrons. The highest BCUT2D eigenvalue weighted by Crippen LogP contribution is 2.27. The molecule has 0 bridgehead atoms. The van der Waals surface area contributed by atoms with E-state index in [0.29, 0.717) is 18.5 Å². The smallest absolute Gasteiger partial charge is 0.271 e. The normalized spacial score (nSPS) is 16.8. The summed E-state index contributed by atoms with van der Waals surface area (Å²) < 4.78 is 1.29. The standard InChI is InChI=1S/C18H22N4O3/c19-17(25)18(10-6-1-2-7-11-18)20-16(24)14-12-15(23)22(21-14)13-8-4-3-5-9-13/h3-5,8-9,12,21H,1-2,6-7,10-11H2,(H2,19,25)(H,20,24). The van der Waals surface area contributed by atoms with Crippen molar-refractivity contribution in [1.82, 2.24) is 15.1 Å². The summed E-state index contributed by atoms with van der Waals surface area (Å²) in [5.74, 6) is -1.01. The number of nitrogens with zero attached hydrogens (tertiary/aromatic N) is 1. The van der Waals surface area contributed by atoms with Gasteiger partial charge in [-0.05, 0) is 25.0 Å². The first-order valence-corrected chi connectivity index (χ1v) is 8.52. The van der Waals surface area contributed by atoms with Crippen molar-refractivity contribution in [1.29, 1.82) is 0 Å². The van der Waals surface area contributed by atoms with Gasteiger partial charge in [-0.1, -0.05) is 43.9 Å². The molecule has 0 spiro atoms. The summed E-state index contributed by atoms with van der Waals surface area (Å²) in [4.78, 5) is 36.8. The zero-order valence-electron chi connectivity index (χ0n) is 14.0. The Morgan fingerprint density at radius 2 is 1.72 bits per heavy atom. The summed E-state index contributed by atoms with van der Waals surface area (Å²) in [7, 11) is 0. The lowest BCUT2D eigenvalue weighted by atomic mass is 9.89. The number of primary amides is 1. The highest BCUT2D eigenvalue weighted by molar-refractivity contribution is 5.97. The predicted molar refractivity (Wildman–Crippen MR) is 93.5 cm³/mol. The number of carbonyl (C=O) groups is 2. The van der Waals surface area contributed by atoms with Gasteiger partial charge < -0.3 is 11.1 Å². The number of aromatic amines is 1. The van der Waals surface area contributed by atoms with Crippen LogP contribution in [-0.2, 0) is 4.79 Å². The van der Waals surface area contributed by atoms with E-state index in [1.807, 2.05) is 6.07 Å². The van der Waals surface area contributed by atoms with E-state index in [9.17, 15) is 14.4 Å². The number of amides is 2. The van der Waals surface area contributed by atoms with Gasteiger partial charge in [0.1, 0.15) is 11.2 Å². The molecule has 0 atom stereocenters. The van der Waals surface area contributed by atoms with Crippen LogP contribution in [0.5, 0.6) is 0 Å². The van der Waals surface area contributed by atoms with Crippen LogP contribution in [-0.4, -0.2) is 27.1 Å². The average Bonchev–Trinajstić information content (AvgIpc) is 2.84. The molecule has 1 saturated carbocycles. The van der Waals surface area contributed by atoms with E-state index in [1.165, 1.54) is 10.7 Å². The Labute approximate surface area is 145 Å². The van der Waals surface area contributed by atoms with E-state index in [1.54, 1.807) is 24.3 Å². The second kappa shape index (κ2) is 6.96. The number of hydrogen-bond acceptors (Lipinski definition) is 3. The Balaban J connectivity index is 1.86. The maximum atomic E-state index is 12.6. The molecule has 7 heteroatoms. The molecule has 0 unspecified atom stereocenters. The first kappa shape index (κ1) is 17.0. The van der Waals surface area contributed by atoms with Crippen LogP contribution in [0.3, 0.4) is 0 Å². The highest BCUT2D eigenvalue weighted by atomic mass is 16.2. The van der Waals surface area contributed by atoms with Gasteiger partial charge in [0.15, 0.2) is 0 Å². The van der Waals surface area contributed by atoms with Crippen LogP contribution < -0.4 is 16.6 Å². The summed E-state index contributed by atoms with van der Waals surface area (Å²) in [6.07, 6.45) is 4.77. The van der Waals surface area contributed by atoms with E-state index < -0.39 is 17.4 Å². The molecule has 1 heterocycles. The molecule has 3 rings (SSSR count). The van der Waals surface area contributed by atoms with Gasteiger partial charge in [0.05, 0.1) is 5.69 Å². The quantitative estimate of drug-likeness (QED) is 0.732. The fourth-order valence-corrected chi connectivity index (χ4v) is 3.33. The lowest BCUT2D eigenvalue weighted by Gasteiger charge is -2.30. The van der Waals surface area contributed by atoms with Crippen LogP contribution in [0.4, 0.5) is 0 Å². The SMILES string of the molecule is NC(=O)C1(NC(=O)c2cc(=O)n(-c3ccccc3)[nH]2)CCCCCC1. The zero-order chi connectivity index (χ0) is 17.9. The minimum atomic E-state index is -1.04. The molecule has 2 aromatic rings. The van der Waals surface area contributed by atoms with Gasteiger partial charge in [0.2, 0.25) is 5.91 Å². The van der Waals surface area contributed by atoms with Crippen molar-refractivity contribution in [2.45, 2.75) is 44.1 Å². The van der Waals surface area contributed by atoms with Gasteiger partial charge in [-0.15, -0.1) is 0 Å². The number of nitrogens with one attached hydrogen (secondary N) is 2. The number of aromatic nitrogens is 2. The summed E-state index contributed by atoms with van der Waals surface area (Å²) in [6, 6.07) is 10.2.